The normalized spacial score (nSPS) is 11.0. The monoisotopic (exact) mass is 408 g/mol. The van der Waals surface area contributed by atoms with E-state index in [2.05, 4.69) is 0 Å². The second-order valence-corrected chi connectivity index (χ2v) is 6.76. The summed E-state index contributed by atoms with van der Waals surface area (Å²) in [5, 5.41) is 52.7. The van der Waals surface area contributed by atoms with Gasteiger partial charge in [0.05, 0.1) is 12.8 Å². The van der Waals surface area contributed by atoms with Crippen LogP contribution < -0.4 is 14.9 Å². The van der Waals surface area contributed by atoms with Crippen molar-refractivity contribution < 1.29 is 30.4 Å². The Hall–Kier alpha value is -3.84. The highest BCUT2D eigenvalue weighted by Crippen LogP contribution is 2.36. The Balaban J connectivity index is 1.93. The largest absolute Gasteiger partial charge is 0.870 e. The first-order chi connectivity index (χ1) is 14.3. The van der Waals surface area contributed by atoms with Crippen LogP contribution in [-0.2, 0) is 6.42 Å². The number of phenolic OH excluding ortho intramolecular Hbond substituents is 3. The SMILES string of the molecule is COc1cc(/C=C/c2ccc(O)c(Cc3c(N(C)O)ccc(O)c3[O-])c2)ccc1O. The molecule has 0 spiro atoms. The zero-order valence-corrected chi connectivity index (χ0v) is 16.5. The molecular formula is C23H22NO6-. The van der Waals surface area contributed by atoms with Gasteiger partial charge in [-0.05, 0) is 58.7 Å². The van der Waals surface area contributed by atoms with E-state index in [-0.39, 0.29) is 29.2 Å². The lowest BCUT2D eigenvalue weighted by Gasteiger charge is -2.23. The average molecular weight is 408 g/mol. The van der Waals surface area contributed by atoms with Crippen LogP contribution in [0.5, 0.6) is 28.7 Å². The van der Waals surface area contributed by atoms with Gasteiger partial charge in [-0.15, -0.1) is 0 Å². The predicted molar refractivity (Wildman–Crippen MR) is 112 cm³/mol. The summed E-state index contributed by atoms with van der Waals surface area (Å²) in [4.78, 5) is 0. The number of hydrogen-bond acceptors (Lipinski definition) is 7. The molecule has 0 aliphatic rings. The Bertz CT molecular complexity index is 1090. The van der Waals surface area contributed by atoms with Crippen LogP contribution in [0, 0.1) is 0 Å². The molecule has 30 heavy (non-hydrogen) atoms. The highest BCUT2D eigenvalue weighted by Gasteiger charge is 2.13. The van der Waals surface area contributed by atoms with Crippen molar-refractivity contribution in [1.82, 2.24) is 0 Å². The second-order valence-electron chi connectivity index (χ2n) is 6.76. The van der Waals surface area contributed by atoms with Crippen molar-refractivity contribution in [3.05, 3.63) is 70.8 Å². The molecule has 156 valence electrons. The summed E-state index contributed by atoms with van der Waals surface area (Å²) in [6, 6.07) is 12.6. The Kier molecular flexibility index (Phi) is 6.03. The molecule has 0 saturated heterocycles. The van der Waals surface area contributed by atoms with Crippen molar-refractivity contribution in [1.29, 1.82) is 0 Å². The molecule has 0 bridgehead atoms. The zero-order chi connectivity index (χ0) is 21.8. The summed E-state index contributed by atoms with van der Waals surface area (Å²) in [7, 11) is 2.85. The van der Waals surface area contributed by atoms with E-state index < -0.39 is 11.5 Å². The molecule has 7 nitrogen and oxygen atoms in total. The van der Waals surface area contributed by atoms with Gasteiger partial charge >= 0.3 is 0 Å². The molecule has 0 fully saturated rings. The molecule has 3 aromatic rings. The molecule has 3 rings (SSSR count). The van der Waals surface area contributed by atoms with Gasteiger partial charge in [-0.25, -0.2) is 0 Å². The maximum absolute atomic E-state index is 12.4. The number of rotatable bonds is 6. The lowest BCUT2D eigenvalue weighted by molar-refractivity contribution is -0.271. The molecule has 0 unspecified atom stereocenters. The Morgan fingerprint density at radius 2 is 1.50 bits per heavy atom. The van der Waals surface area contributed by atoms with Gasteiger partial charge in [-0.3, -0.25) is 10.3 Å². The second kappa shape index (κ2) is 8.67. The number of benzene rings is 3. The summed E-state index contributed by atoms with van der Waals surface area (Å²) < 4.78 is 5.10. The molecule has 0 saturated carbocycles. The molecule has 0 amide bonds. The number of ether oxygens (including phenoxy) is 1. The lowest BCUT2D eigenvalue weighted by atomic mass is 9.98. The number of aromatic hydroxyl groups is 3. The van der Waals surface area contributed by atoms with E-state index in [1.807, 2.05) is 12.2 Å². The molecule has 0 aliphatic heterocycles. The quantitative estimate of drug-likeness (QED) is 0.364. The predicted octanol–water partition coefficient (Wildman–Crippen LogP) is 3.47. The van der Waals surface area contributed by atoms with E-state index in [9.17, 15) is 25.6 Å². The molecular weight excluding hydrogens is 386 g/mol. The Morgan fingerprint density at radius 1 is 0.900 bits per heavy atom. The van der Waals surface area contributed by atoms with Crippen LogP contribution in [0.1, 0.15) is 22.3 Å². The van der Waals surface area contributed by atoms with E-state index in [1.54, 1.807) is 24.3 Å². The third kappa shape index (κ3) is 4.42. The summed E-state index contributed by atoms with van der Waals surface area (Å²) in [5.41, 5.74) is 2.44. The molecule has 0 radical (unpaired) electrons. The maximum atomic E-state index is 12.4. The lowest BCUT2D eigenvalue weighted by Crippen LogP contribution is -2.14. The van der Waals surface area contributed by atoms with Crippen LogP contribution in [0.25, 0.3) is 12.2 Å². The van der Waals surface area contributed by atoms with Crippen LogP contribution >= 0.6 is 0 Å². The number of nitrogens with zero attached hydrogens (tertiary/aromatic N) is 1. The fourth-order valence-corrected chi connectivity index (χ4v) is 3.11. The van der Waals surface area contributed by atoms with Crippen molar-refractivity contribution in [2.24, 2.45) is 0 Å². The first-order valence-corrected chi connectivity index (χ1v) is 9.11. The Labute approximate surface area is 173 Å². The third-order valence-electron chi connectivity index (χ3n) is 4.71. The van der Waals surface area contributed by atoms with Crippen molar-refractivity contribution in [2.75, 3.05) is 19.2 Å². The van der Waals surface area contributed by atoms with E-state index in [1.165, 1.54) is 38.4 Å². The van der Waals surface area contributed by atoms with E-state index in [0.29, 0.717) is 11.3 Å². The summed E-state index contributed by atoms with van der Waals surface area (Å²) in [6.45, 7) is 0. The van der Waals surface area contributed by atoms with Crippen LogP contribution in [-0.4, -0.2) is 34.7 Å². The van der Waals surface area contributed by atoms with Gasteiger partial charge in [-0.2, -0.15) is 0 Å². The Morgan fingerprint density at radius 3 is 2.13 bits per heavy atom. The smallest absolute Gasteiger partial charge is 0.161 e. The van der Waals surface area contributed by atoms with Gasteiger partial charge in [0.1, 0.15) is 11.5 Å². The summed E-state index contributed by atoms with van der Waals surface area (Å²) >= 11 is 0. The van der Waals surface area contributed by atoms with Gasteiger partial charge in [-0.1, -0.05) is 30.0 Å². The molecule has 3 aromatic carbocycles. The third-order valence-corrected chi connectivity index (χ3v) is 4.71. The highest BCUT2D eigenvalue weighted by atomic mass is 16.5. The topological polar surface area (TPSA) is 116 Å². The van der Waals surface area contributed by atoms with Crippen molar-refractivity contribution >= 4 is 17.8 Å². The molecule has 0 aliphatic carbocycles. The van der Waals surface area contributed by atoms with E-state index >= 15 is 0 Å². The molecule has 4 N–H and O–H groups in total. The molecule has 0 heterocycles. The van der Waals surface area contributed by atoms with Gasteiger partial charge in [0, 0.05) is 13.5 Å². The van der Waals surface area contributed by atoms with Crippen LogP contribution in [0.4, 0.5) is 5.69 Å². The standard InChI is InChI=1S/C23H23NO6/c1-24(29)18-7-10-21(27)23(28)17(18)13-16-11-14(5-8-19(16)25)3-4-15-6-9-20(26)22(12-15)30-2/h3-12,25-29H,13H2,1-2H3/p-1/b4-3+. The van der Waals surface area contributed by atoms with Crippen molar-refractivity contribution in [3.8, 4) is 28.7 Å². The first kappa shape index (κ1) is 20.9. The number of anilines is 1. The number of hydrogen-bond donors (Lipinski definition) is 4. The van der Waals surface area contributed by atoms with Gasteiger partial charge in [0.2, 0.25) is 0 Å². The fourth-order valence-electron chi connectivity index (χ4n) is 3.11. The van der Waals surface area contributed by atoms with Gasteiger partial charge < -0.3 is 25.2 Å². The van der Waals surface area contributed by atoms with Crippen LogP contribution in [0.15, 0.2) is 48.5 Å². The van der Waals surface area contributed by atoms with Crippen LogP contribution in [0.3, 0.4) is 0 Å². The summed E-state index contributed by atoms with van der Waals surface area (Å²) in [6.07, 6.45) is 3.65. The molecule has 0 atom stereocenters. The number of hydroxylamine groups is 1. The van der Waals surface area contributed by atoms with Gasteiger partial charge in [0.25, 0.3) is 0 Å². The minimum Gasteiger partial charge on any atom is -0.870 e. The minimum absolute atomic E-state index is 0.00672. The molecule has 7 heteroatoms. The van der Waals surface area contributed by atoms with Gasteiger partial charge in [0.15, 0.2) is 11.5 Å². The highest BCUT2D eigenvalue weighted by molar-refractivity contribution is 5.72. The van der Waals surface area contributed by atoms with Crippen LogP contribution in [0.2, 0.25) is 0 Å². The van der Waals surface area contributed by atoms with E-state index in [4.69, 9.17) is 4.74 Å². The minimum atomic E-state index is -0.607. The summed E-state index contributed by atoms with van der Waals surface area (Å²) in [5.74, 6) is -0.632. The fraction of sp³-hybridized carbons (Fsp3) is 0.130. The molecule has 0 aromatic heterocycles. The van der Waals surface area contributed by atoms with Crippen molar-refractivity contribution in [3.63, 3.8) is 0 Å². The maximum Gasteiger partial charge on any atom is 0.161 e. The van der Waals surface area contributed by atoms with Crippen molar-refractivity contribution in [2.45, 2.75) is 6.42 Å². The number of phenols is 3. The first-order valence-electron chi connectivity index (χ1n) is 9.11. The number of methoxy groups -OCH3 is 1. The zero-order valence-electron chi connectivity index (χ0n) is 16.5. The van der Waals surface area contributed by atoms with E-state index in [0.717, 1.165) is 16.2 Å². The average Bonchev–Trinajstić information content (AvgIpc) is 2.72.